The van der Waals surface area contributed by atoms with Gasteiger partial charge >= 0.3 is 0 Å². The molecule has 0 unspecified atom stereocenters. The van der Waals surface area contributed by atoms with Crippen LogP contribution in [0.1, 0.15) is 12.1 Å². The summed E-state index contributed by atoms with van der Waals surface area (Å²) in [5.74, 6) is 0. The number of nitro groups is 1. The SMILES string of the molecule is O=[N+]([O-])c1ccc(-c2nc3c(Cl)cc(Cl)cn3c2CN2CCCNCC2)cc1. The molecule has 1 fully saturated rings. The molecule has 1 N–H and O–H groups in total. The highest BCUT2D eigenvalue weighted by Gasteiger charge is 2.20. The number of hydrogen-bond acceptors (Lipinski definition) is 5. The van der Waals surface area contributed by atoms with Gasteiger partial charge in [0, 0.05) is 43.5 Å². The van der Waals surface area contributed by atoms with Crippen LogP contribution in [0.3, 0.4) is 0 Å². The molecule has 146 valence electrons. The summed E-state index contributed by atoms with van der Waals surface area (Å²) < 4.78 is 1.93. The standard InChI is InChI=1S/C19H19Cl2N5O2/c20-14-10-16(21)19-23-18(13-2-4-15(5-3-13)26(27)28)17(25(19)11-14)12-24-8-1-6-22-7-9-24/h2-5,10-11,22H,1,6-9,12H2. The quantitative estimate of drug-likeness (QED) is 0.510. The van der Waals surface area contributed by atoms with Gasteiger partial charge in [0.05, 0.1) is 26.4 Å². The number of aromatic nitrogens is 2. The minimum atomic E-state index is -0.408. The molecule has 0 saturated carbocycles. The van der Waals surface area contributed by atoms with Gasteiger partial charge < -0.3 is 5.32 Å². The Bertz CT molecular complexity index is 1010. The minimum absolute atomic E-state index is 0.0498. The lowest BCUT2D eigenvalue weighted by Crippen LogP contribution is -2.28. The molecule has 1 aliphatic heterocycles. The second-order valence-electron chi connectivity index (χ2n) is 6.79. The topological polar surface area (TPSA) is 75.7 Å². The lowest BCUT2D eigenvalue weighted by atomic mass is 10.1. The van der Waals surface area contributed by atoms with Crippen molar-refractivity contribution in [3.8, 4) is 11.3 Å². The molecule has 1 saturated heterocycles. The van der Waals surface area contributed by atoms with E-state index >= 15 is 0 Å². The highest BCUT2D eigenvalue weighted by molar-refractivity contribution is 6.36. The number of halogens is 2. The molecule has 3 aromatic rings. The number of fused-ring (bicyclic) bond motifs is 1. The predicted molar refractivity (Wildman–Crippen MR) is 110 cm³/mol. The van der Waals surface area contributed by atoms with Gasteiger partial charge in [-0.1, -0.05) is 23.2 Å². The smallest absolute Gasteiger partial charge is 0.269 e. The molecule has 1 aromatic carbocycles. The number of nitrogens with zero attached hydrogens (tertiary/aromatic N) is 4. The molecule has 28 heavy (non-hydrogen) atoms. The maximum absolute atomic E-state index is 11.0. The van der Waals surface area contributed by atoms with Crippen LogP contribution in [-0.2, 0) is 6.54 Å². The Balaban J connectivity index is 1.82. The summed E-state index contributed by atoms with van der Waals surface area (Å²) >= 11 is 12.6. The number of rotatable bonds is 4. The van der Waals surface area contributed by atoms with Gasteiger partial charge in [-0.3, -0.25) is 19.4 Å². The van der Waals surface area contributed by atoms with Crippen LogP contribution in [0.25, 0.3) is 16.9 Å². The van der Waals surface area contributed by atoms with E-state index in [0.717, 1.165) is 49.6 Å². The molecule has 0 radical (unpaired) electrons. The van der Waals surface area contributed by atoms with Gasteiger partial charge in [0.15, 0.2) is 5.65 Å². The van der Waals surface area contributed by atoms with Crippen LogP contribution in [-0.4, -0.2) is 45.4 Å². The first-order valence-electron chi connectivity index (χ1n) is 9.07. The number of pyridine rings is 1. The van der Waals surface area contributed by atoms with Gasteiger partial charge in [0.2, 0.25) is 0 Å². The normalized spacial score (nSPS) is 15.6. The van der Waals surface area contributed by atoms with Gasteiger partial charge in [0.1, 0.15) is 0 Å². The van der Waals surface area contributed by atoms with Crippen LogP contribution < -0.4 is 5.32 Å². The lowest BCUT2D eigenvalue weighted by Gasteiger charge is -2.20. The van der Waals surface area contributed by atoms with Gasteiger partial charge in [-0.05, 0) is 37.7 Å². The molecular formula is C19H19Cl2N5O2. The van der Waals surface area contributed by atoms with Crippen LogP contribution in [0.5, 0.6) is 0 Å². The zero-order valence-corrected chi connectivity index (χ0v) is 16.6. The molecule has 0 bridgehead atoms. The number of hydrogen-bond donors (Lipinski definition) is 1. The number of imidazole rings is 1. The molecule has 4 rings (SSSR count). The van der Waals surface area contributed by atoms with Crippen molar-refractivity contribution in [2.75, 3.05) is 26.2 Å². The average Bonchev–Trinajstić information content (AvgIpc) is 2.85. The highest BCUT2D eigenvalue weighted by Crippen LogP contribution is 2.31. The van der Waals surface area contributed by atoms with Crippen molar-refractivity contribution in [3.63, 3.8) is 0 Å². The largest absolute Gasteiger partial charge is 0.315 e. The fraction of sp³-hybridized carbons (Fsp3) is 0.316. The third kappa shape index (κ3) is 3.84. The Labute approximate surface area is 172 Å². The summed E-state index contributed by atoms with van der Waals surface area (Å²) in [6.45, 7) is 4.54. The third-order valence-corrected chi connectivity index (χ3v) is 5.38. The van der Waals surface area contributed by atoms with E-state index in [-0.39, 0.29) is 5.69 Å². The molecule has 0 amide bonds. The van der Waals surface area contributed by atoms with Crippen LogP contribution in [0, 0.1) is 10.1 Å². The second kappa shape index (κ2) is 8.05. The van der Waals surface area contributed by atoms with Crippen LogP contribution in [0.15, 0.2) is 36.5 Å². The molecule has 0 spiro atoms. The van der Waals surface area contributed by atoms with E-state index in [1.165, 1.54) is 12.1 Å². The van der Waals surface area contributed by atoms with E-state index in [0.29, 0.717) is 22.2 Å². The Morgan fingerprint density at radius 2 is 1.96 bits per heavy atom. The molecule has 2 aromatic heterocycles. The highest BCUT2D eigenvalue weighted by atomic mass is 35.5. The summed E-state index contributed by atoms with van der Waals surface area (Å²) in [6, 6.07) is 8.11. The molecule has 3 heterocycles. The van der Waals surface area contributed by atoms with Crippen LogP contribution in [0.4, 0.5) is 5.69 Å². The van der Waals surface area contributed by atoms with Crippen molar-refractivity contribution in [2.24, 2.45) is 0 Å². The van der Waals surface area contributed by atoms with E-state index in [2.05, 4.69) is 10.2 Å². The van der Waals surface area contributed by atoms with E-state index < -0.39 is 4.92 Å². The van der Waals surface area contributed by atoms with E-state index in [1.807, 2.05) is 10.6 Å². The lowest BCUT2D eigenvalue weighted by molar-refractivity contribution is -0.384. The zero-order valence-electron chi connectivity index (χ0n) is 15.1. The first kappa shape index (κ1) is 19.1. The average molecular weight is 420 g/mol. The summed E-state index contributed by atoms with van der Waals surface area (Å²) in [7, 11) is 0. The summed E-state index contributed by atoms with van der Waals surface area (Å²) in [5, 5.41) is 15.4. The van der Waals surface area contributed by atoms with Crippen LogP contribution in [0.2, 0.25) is 10.0 Å². The maximum Gasteiger partial charge on any atom is 0.269 e. The van der Waals surface area contributed by atoms with Crippen molar-refractivity contribution in [3.05, 3.63) is 62.4 Å². The van der Waals surface area contributed by atoms with Crippen molar-refractivity contribution < 1.29 is 4.92 Å². The Hall–Kier alpha value is -2.19. The number of benzene rings is 1. The van der Waals surface area contributed by atoms with E-state index in [4.69, 9.17) is 28.2 Å². The molecular weight excluding hydrogens is 401 g/mol. The second-order valence-corrected chi connectivity index (χ2v) is 7.63. The van der Waals surface area contributed by atoms with Crippen molar-refractivity contribution in [2.45, 2.75) is 13.0 Å². The Morgan fingerprint density at radius 3 is 2.71 bits per heavy atom. The minimum Gasteiger partial charge on any atom is -0.315 e. The van der Waals surface area contributed by atoms with Crippen LogP contribution >= 0.6 is 23.2 Å². The fourth-order valence-electron chi connectivity index (χ4n) is 3.51. The molecule has 9 heteroatoms. The molecule has 0 atom stereocenters. The van der Waals surface area contributed by atoms with Crippen molar-refractivity contribution >= 4 is 34.5 Å². The number of nitro benzene ring substituents is 1. The molecule has 1 aliphatic rings. The summed E-state index contributed by atoms with van der Waals surface area (Å²) in [6.07, 6.45) is 2.89. The van der Waals surface area contributed by atoms with E-state index in [9.17, 15) is 10.1 Å². The number of non-ortho nitro benzene ring substituents is 1. The first-order chi connectivity index (χ1) is 13.5. The molecule has 7 nitrogen and oxygen atoms in total. The van der Waals surface area contributed by atoms with E-state index in [1.54, 1.807) is 18.2 Å². The van der Waals surface area contributed by atoms with Crippen molar-refractivity contribution in [1.82, 2.24) is 19.6 Å². The third-order valence-electron chi connectivity index (χ3n) is 4.90. The first-order valence-corrected chi connectivity index (χ1v) is 9.82. The van der Waals surface area contributed by atoms with Gasteiger partial charge in [0.25, 0.3) is 5.69 Å². The van der Waals surface area contributed by atoms with Gasteiger partial charge in [-0.2, -0.15) is 0 Å². The zero-order chi connectivity index (χ0) is 19.7. The van der Waals surface area contributed by atoms with Gasteiger partial charge in [-0.25, -0.2) is 4.98 Å². The predicted octanol–water partition coefficient (Wildman–Crippen LogP) is 4.01. The Morgan fingerprint density at radius 1 is 1.18 bits per heavy atom. The number of nitrogens with one attached hydrogen (secondary N) is 1. The Kier molecular flexibility index (Phi) is 5.50. The fourth-order valence-corrected chi connectivity index (χ4v) is 4.03. The summed E-state index contributed by atoms with van der Waals surface area (Å²) in [4.78, 5) is 17.7. The van der Waals surface area contributed by atoms with Gasteiger partial charge in [-0.15, -0.1) is 0 Å². The molecule has 0 aliphatic carbocycles. The maximum atomic E-state index is 11.0. The summed E-state index contributed by atoms with van der Waals surface area (Å²) in [5.41, 5.74) is 3.21. The monoisotopic (exact) mass is 419 g/mol. The van der Waals surface area contributed by atoms with Crippen molar-refractivity contribution in [1.29, 1.82) is 0 Å².